The van der Waals surface area contributed by atoms with E-state index < -0.39 is 0 Å². The first-order valence-corrected chi connectivity index (χ1v) is 17.9. The van der Waals surface area contributed by atoms with Crippen molar-refractivity contribution < 1.29 is 47.2 Å². The zero-order valence-electron chi connectivity index (χ0n) is 18.6. The summed E-state index contributed by atoms with van der Waals surface area (Å²) in [5.74, 6) is -0.0854. The molecule has 0 amide bonds. The van der Waals surface area contributed by atoms with Crippen LogP contribution in [0.1, 0.15) is 67.3 Å². The number of halogens is 2. The SMILES string of the molecule is CCCCC1=Cc2c(-c3ccc(C(C)(C)C)cc3)cccc2[CH]1[Zr+2][Si](C)C.[Cl-].[Cl-]. The first-order chi connectivity index (χ1) is 12.8. The Balaban J connectivity index is 0.00000210. The molecule has 1 unspecified atom stereocenters. The minimum atomic E-state index is -0.365. The van der Waals surface area contributed by atoms with Crippen molar-refractivity contribution in [3.8, 4) is 11.1 Å². The third kappa shape index (κ3) is 6.42. The van der Waals surface area contributed by atoms with Crippen LogP contribution in [0.25, 0.3) is 17.2 Å². The molecule has 3 rings (SSSR count). The van der Waals surface area contributed by atoms with Crippen LogP contribution < -0.4 is 24.8 Å². The van der Waals surface area contributed by atoms with Gasteiger partial charge in [-0.25, -0.2) is 0 Å². The summed E-state index contributed by atoms with van der Waals surface area (Å²) in [7, 11) is 0. The minimum Gasteiger partial charge on any atom is -1.00 e. The summed E-state index contributed by atoms with van der Waals surface area (Å²) in [6, 6.07) is 16.4. The van der Waals surface area contributed by atoms with Crippen LogP contribution >= 0.6 is 0 Å². The fraction of sp³-hybridized carbons (Fsp3) is 0.440. The molecule has 1 aliphatic rings. The summed E-state index contributed by atoms with van der Waals surface area (Å²) < 4.78 is 0.827. The van der Waals surface area contributed by atoms with Gasteiger partial charge in [0, 0.05) is 0 Å². The monoisotopic (exact) mass is 521 g/mol. The van der Waals surface area contributed by atoms with Crippen LogP contribution in [0.4, 0.5) is 0 Å². The summed E-state index contributed by atoms with van der Waals surface area (Å²) >= 11 is -0.365. The van der Waals surface area contributed by atoms with Gasteiger partial charge in [-0.3, -0.25) is 0 Å². The number of allylic oxidation sites excluding steroid dienone is 1. The predicted octanol–water partition coefficient (Wildman–Crippen LogP) is 1.62. The van der Waals surface area contributed by atoms with E-state index in [1.165, 1.54) is 41.5 Å². The molecule has 0 aliphatic heterocycles. The predicted molar refractivity (Wildman–Crippen MR) is 118 cm³/mol. The summed E-state index contributed by atoms with van der Waals surface area (Å²) in [5, 5.41) is 0. The fourth-order valence-electron chi connectivity index (χ4n) is 3.92. The van der Waals surface area contributed by atoms with Gasteiger partial charge in [0.25, 0.3) is 0 Å². The second-order valence-electron chi connectivity index (χ2n) is 9.04. The van der Waals surface area contributed by atoms with Gasteiger partial charge in [0.2, 0.25) is 0 Å². The maximum Gasteiger partial charge on any atom is -1.00 e. The molecule has 4 heteroatoms. The molecule has 0 saturated heterocycles. The molecule has 0 fully saturated rings. The van der Waals surface area contributed by atoms with Crippen molar-refractivity contribution in [2.45, 2.75) is 69.1 Å². The van der Waals surface area contributed by atoms with E-state index in [1.54, 1.807) is 11.1 Å². The quantitative estimate of drug-likeness (QED) is 0.505. The molecule has 29 heavy (non-hydrogen) atoms. The second kappa shape index (κ2) is 11.5. The molecular formula is C25H33Cl2SiZr. The smallest absolute Gasteiger partial charge is 1.00 e. The summed E-state index contributed by atoms with van der Waals surface area (Å²) in [6.45, 7) is 14.2. The molecule has 0 heterocycles. The molecule has 0 aromatic heterocycles. The number of benzene rings is 2. The zero-order chi connectivity index (χ0) is 19.6. The first kappa shape index (κ1) is 26.9. The Hall–Kier alpha value is -0.140. The Morgan fingerprint density at radius 1 is 0.966 bits per heavy atom. The number of unbranched alkanes of at least 4 members (excludes halogenated alkanes) is 1. The van der Waals surface area contributed by atoms with Crippen LogP contribution in [0.2, 0.25) is 13.1 Å². The number of hydrogen-bond donors (Lipinski definition) is 0. The molecule has 0 N–H and O–H groups in total. The van der Waals surface area contributed by atoms with Gasteiger partial charge in [-0.2, -0.15) is 0 Å². The van der Waals surface area contributed by atoms with E-state index >= 15 is 0 Å². The number of rotatable bonds is 6. The van der Waals surface area contributed by atoms with Gasteiger partial charge in [0.1, 0.15) is 0 Å². The molecule has 155 valence electrons. The standard InChI is InChI=1S/C23H27.C2H6Si.2ClH.Zr/c1-5-6-8-17-15-19-9-7-10-21(22(19)16-17)18-11-13-20(14-12-18)23(2,3)4;1-3-2;;;/h7,9-16H,5-6,8H2,1-4H3;1-2H3;2*1H;/q;;;;+2/p-2. The van der Waals surface area contributed by atoms with Gasteiger partial charge in [-0.1, -0.05) is 0 Å². The van der Waals surface area contributed by atoms with E-state index in [4.69, 9.17) is 0 Å². The second-order valence-corrected chi connectivity index (χ2v) is 22.2. The minimum absolute atomic E-state index is 0. The largest absolute Gasteiger partial charge is 1.00 e. The fourth-order valence-corrected chi connectivity index (χ4v) is 12.8. The molecule has 0 saturated carbocycles. The summed E-state index contributed by atoms with van der Waals surface area (Å²) in [6.07, 6.45) is 6.51. The van der Waals surface area contributed by atoms with Crippen molar-refractivity contribution in [2.24, 2.45) is 0 Å². The molecule has 1 aliphatic carbocycles. The maximum atomic E-state index is 2.58. The Morgan fingerprint density at radius 3 is 2.17 bits per heavy atom. The van der Waals surface area contributed by atoms with Crippen molar-refractivity contribution >= 4 is 12.0 Å². The average molecular weight is 524 g/mol. The van der Waals surface area contributed by atoms with Crippen molar-refractivity contribution in [1.82, 2.24) is 0 Å². The van der Waals surface area contributed by atoms with E-state index in [-0.39, 0.29) is 58.5 Å². The topological polar surface area (TPSA) is 0 Å². The third-order valence-corrected chi connectivity index (χ3v) is 14.4. The molecule has 1 radical (unpaired) electrons. The number of hydrogen-bond acceptors (Lipinski definition) is 0. The zero-order valence-corrected chi connectivity index (χ0v) is 23.5. The Morgan fingerprint density at radius 2 is 1.62 bits per heavy atom. The molecular weight excluding hydrogens is 490 g/mol. The van der Waals surface area contributed by atoms with Gasteiger partial charge in [0.05, 0.1) is 0 Å². The maximum absolute atomic E-state index is 2.58. The summed E-state index contributed by atoms with van der Waals surface area (Å²) in [4.78, 5) is 0. The Labute approximate surface area is 202 Å². The van der Waals surface area contributed by atoms with E-state index in [9.17, 15) is 0 Å². The van der Waals surface area contributed by atoms with E-state index in [0.29, 0.717) is 0 Å². The molecule has 2 aromatic carbocycles. The van der Waals surface area contributed by atoms with Crippen LogP contribution in [-0.4, -0.2) is 5.92 Å². The molecule has 1 atom stereocenters. The van der Waals surface area contributed by atoms with Crippen molar-refractivity contribution in [1.29, 1.82) is 0 Å². The van der Waals surface area contributed by atoms with Crippen LogP contribution in [0, 0.1) is 0 Å². The van der Waals surface area contributed by atoms with Crippen molar-refractivity contribution in [2.75, 3.05) is 0 Å². The van der Waals surface area contributed by atoms with Gasteiger partial charge in [-0.15, -0.1) is 0 Å². The van der Waals surface area contributed by atoms with Gasteiger partial charge in [0.15, 0.2) is 0 Å². The summed E-state index contributed by atoms with van der Waals surface area (Å²) in [5.41, 5.74) is 9.36. The molecule has 2 aromatic rings. The van der Waals surface area contributed by atoms with E-state index in [2.05, 4.69) is 89.3 Å². The molecule has 0 nitrogen and oxygen atoms in total. The Kier molecular flexibility index (Phi) is 10.6. The molecule has 0 spiro atoms. The average Bonchev–Trinajstić information content (AvgIpc) is 2.96. The van der Waals surface area contributed by atoms with Gasteiger partial charge < -0.3 is 24.8 Å². The van der Waals surface area contributed by atoms with Crippen LogP contribution in [0.5, 0.6) is 0 Å². The first-order valence-electron chi connectivity index (χ1n) is 10.3. The Bertz CT molecular complexity index is 820. The molecule has 0 bridgehead atoms. The van der Waals surface area contributed by atoms with E-state index in [0.717, 1.165) is 3.63 Å². The van der Waals surface area contributed by atoms with Gasteiger partial charge in [-0.05, 0) is 0 Å². The van der Waals surface area contributed by atoms with E-state index in [1.807, 2.05) is 0 Å². The van der Waals surface area contributed by atoms with Crippen LogP contribution in [0.3, 0.4) is 0 Å². The van der Waals surface area contributed by atoms with Gasteiger partial charge >= 0.3 is 179 Å². The normalized spacial score (nSPS) is 15.1. The number of fused-ring (bicyclic) bond motifs is 1. The van der Waals surface area contributed by atoms with Crippen LogP contribution in [-0.2, 0) is 27.8 Å². The third-order valence-electron chi connectivity index (χ3n) is 5.47. The van der Waals surface area contributed by atoms with Crippen LogP contribution in [0.15, 0.2) is 48.0 Å². The van der Waals surface area contributed by atoms with Crippen molar-refractivity contribution in [3.63, 3.8) is 0 Å². The van der Waals surface area contributed by atoms with Crippen molar-refractivity contribution in [3.05, 3.63) is 64.7 Å².